The first-order valence-corrected chi connectivity index (χ1v) is 10.6. The lowest BCUT2D eigenvalue weighted by Crippen LogP contribution is -2.44. The Morgan fingerprint density at radius 1 is 1.21 bits per heavy atom. The van der Waals surface area contributed by atoms with Gasteiger partial charge in [-0.05, 0) is 68.5 Å². The van der Waals surface area contributed by atoms with E-state index in [2.05, 4.69) is 4.90 Å². The van der Waals surface area contributed by atoms with Gasteiger partial charge in [-0.3, -0.25) is 4.79 Å². The third-order valence-electron chi connectivity index (χ3n) is 5.53. The monoisotopic (exact) mass is 398 g/mol. The minimum atomic E-state index is -0.172. The molecular weight excluding hydrogens is 367 g/mol. The molecular formula is C24H31FN2O2. The summed E-state index contributed by atoms with van der Waals surface area (Å²) in [7, 11) is 0. The molecule has 2 aromatic carbocycles. The van der Waals surface area contributed by atoms with E-state index in [1.165, 1.54) is 6.07 Å². The SMILES string of the molecule is CCN(CC1CCCN(CCc2cccc(F)c2)C1)C(=O)COc1ccccc1. The molecule has 0 bridgehead atoms. The molecule has 1 unspecified atom stereocenters. The van der Waals surface area contributed by atoms with Crippen LogP contribution in [0.15, 0.2) is 54.6 Å². The average molecular weight is 399 g/mol. The first-order valence-electron chi connectivity index (χ1n) is 10.6. The highest BCUT2D eigenvalue weighted by atomic mass is 19.1. The standard InChI is InChI=1S/C24H31FN2O2/c1-2-27(24(28)19-29-23-11-4-3-5-12-23)18-21-9-7-14-26(17-21)15-13-20-8-6-10-22(25)16-20/h3-6,8,10-12,16,21H,2,7,9,13-15,17-19H2,1H3. The van der Waals surface area contributed by atoms with Crippen LogP contribution in [0.5, 0.6) is 5.75 Å². The predicted molar refractivity (Wildman–Crippen MR) is 113 cm³/mol. The van der Waals surface area contributed by atoms with E-state index in [9.17, 15) is 9.18 Å². The number of likely N-dealkylation sites (N-methyl/N-ethyl adjacent to an activating group) is 1. The molecule has 5 heteroatoms. The van der Waals surface area contributed by atoms with Crippen LogP contribution in [0.4, 0.5) is 4.39 Å². The number of hydrogen-bond acceptors (Lipinski definition) is 3. The average Bonchev–Trinajstić information content (AvgIpc) is 2.75. The highest BCUT2D eigenvalue weighted by Crippen LogP contribution is 2.19. The maximum atomic E-state index is 13.4. The van der Waals surface area contributed by atoms with Crippen LogP contribution in [0.1, 0.15) is 25.3 Å². The van der Waals surface area contributed by atoms with Gasteiger partial charge in [0.15, 0.2) is 6.61 Å². The Kier molecular flexibility index (Phi) is 8.05. The third-order valence-corrected chi connectivity index (χ3v) is 5.53. The van der Waals surface area contributed by atoms with E-state index in [-0.39, 0.29) is 18.3 Å². The van der Waals surface area contributed by atoms with Gasteiger partial charge in [-0.1, -0.05) is 30.3 Å². The van der Waals surface area contributed by atoms with Crippen LogP contribution < -0.4 is 4.74 Å². The summed E-state index contributed by atoms with van der Waals surface area (Å²) >= 11 is 0. The number of para-hydroxylation sites is 1. The Morgan fingerprint density at radius 2 is 2.03 bits per heavy atom. The highest BCUT2D eigenvalue weighted by molar-refractivity contribution is 5.77. The van der Waals surface area contributed by atoms with Gasteiger partial charge < -0.3 is 14.5 Å². The number of likely N-dealkylation sites (tertiary alicyclic amines) is 1. The number of carbonyl (C=O) groups is 1. The molecule has 156 valence electrons. The maximum Gasteiger partial charge on any atom is 0.260 e. The van der Waals surface area contributed by atoms with E-state index in [0.717, 1.165) is 56.8 Å². The molecule has 2 aromatic rings. The molecule has 1 heterocycles. The number of benzene rings is 2. The quantitative estimate of drug-likeness (QED) is 0.640. The molecule has 1 aliphatic heterocycles. The number of nitrogens with zero attached hydrogens (tertiary/aromatic N) is 2. The molecule has 0 spiro atoms. The van der Waals surface area contributed by atoms with E-state index < -0.39 is 0 Å². The Morgan fingerprint density at radius 3 is 2.79 bits per heavy atom. The lowest BCUT2D eigenvalue weighted by atomic mass is 9.97. The third kappa shape index (κ3) is 6.86. The van der Waals surface area contributed by atoms with Crippen molar-refractivity contribution in [3.05, 3.63) is 66.0 Å². The topological polar surface area (TPSA) is 32.8 Å². The molecule has 1 atom stereocenters. The molecule has 3 rings (SSSR count). The molecule has 0 aromatic heterocycles. The van der Waals surface area contributed by atoms with Crippen molar-refractivity contribution in [3.63, 3.8) is 0 Å². The molecule has 0 radical (unpaired) electrons. The first kappa shape index (κ1) is 21.3. The van der Waals surface area contributed by atoms with Crippen molar-refractivity contribution in [2.45, 2.75) is 26.2 Å². The zero-order chi connectivity index (χ0) is 20.5. The number of piperidine rings is 1. The van der Waals surface area contributed by atoms with Crippen LogP contribution in [0.2, 0.25) is 0 Å². The van der Waals surface area contributed by atoms with Crippen molar-refractivity contribution in [2.24, 2.45) is 5.92 Å². The van der Waals surface area contributed by atoms with Crippen molar-refractivity contribution in [1.82, 2.24) is 9.80 Å². The lowest BCUT2D eigenvalue weighted by molar-refractivity contribution is -0.134. The fraction of sp³-hybridized carbons (Fsp3) is 0.458. The largest absolute Gasteiger partial charge is 0.484 e. The Labute approximate surface area is 173 Å². The van der Waals surface area contributed by atoms with Gasteiger partial charge >= 0.3 is 0 Å². The fourth-order valence-electron chi connectivity index (χ4n) is 3.96. The van der Waals surface area contributed by atoms with Crippen LogP contribution in [0, 0.1) is 11.7 Å². The number of halogens is 1. The van der Waals surface area contributed by atoms with Gasteiger partial charge in [0.1, 0.15) is 11.6 Å². The van der Waals surface area contributed by atoms with Crippen molar-refractivity contribution in [3.8, 4) is 5.75 Å². The second kappa shape index (κ2) is 11.0. The number of amides is 1. The first-order chi connectivity index (χ1) is 14.1. The summed E-state index contributed by atoms with van der Waals surface area (Å²) in [4.78, 5) is 16.9. The summed E-state index contributed by atoms with van der Waals surface area (Å²) in [5.74, 6) is 1.05. The van der Waals surface area contributed by atoms with E-state index in [1.54, 1.807) is 12.1 Å². The fourth-order valence-corrected chi connectivity index (χ4v) is 3.96. The zero-order valence-electron chi connectivity index (χ0n) is 17.2. The van der Waals surface area contributed by atoms with Crippen LogP contribution in [0.25, 0.3) is 0 Å². The predicted octanol–water partition coefficient (Wildman–Crippen LogP) is 4.01. The molecule has 0 N–H and O–H groups in total. The Balaban J connectivity index is 1.45. The molecule has 1 saturated heterocycles. The number of carbonyl (C=O) groups excluding carboxylic acids is 1. The molecule has 4 nitrogen and oxygen atoms in total. The minimum absolute atomic E-state index is 0.0354. The molecule has 1 amide bonds. The highest BCUT2D eigenvalue weighted by Gasteiger charge is 2.23. The molecule has 1 fully saturated rings. The number of hydrogen-bond donors (Lipinski definition) is 0. The van der Waals surface area contributed by atoms with E-state index in [0.29, 0.717) is 12.5 Å². The molecule has 29 heavy (non-hydrogen) atoms. The lowest BCUT2D eigenvalue weighted by Gasteiger charge is -2.35. The summed E-state index contributed by atoms with van der Waals surface area (Å²) in [6, 6.07) is 16.3. The smallest absolute Gasteiger partial charge is 0.260 e. The van der Waals surface area contributed by atoms with Crippen LogP contribution in [-0.2, 0) is 11.2 Å². The van der Waals surface area contributed by atoms with Crippen molar-refractivity contribution < 1.29 is 13.9 Å². The number of ether oxygens (including phenoxy) is 1. The van der Waals surface area contributed by atoms with Crippen molar-refractivity contribution >= 4 is 5.91 Å². The maximum absolute atomic E-state index is 13.4. The second-order valence-electron chi connectivity index (χ2n) is 7.72. The summed E-state index contributed by atoms with van der Waals surface area (Å²) in [6.07, 6.45) is 3.13. The van der Waals surface area contributed by atoms with Gasteiger partial charge in [0.05, 0.1) is 0 Å². The summed E-state index contributed by atoms with van der Waals surface area (Å²) in [5.41, 5.74) is 1.04. The molecule has 1 aliphatic rings. The molecule has 0 aliphatic carbocycles. The minimum Gasteiger partial charge on any atom is -0.484 e. The van der Waals surface area contributed by atoms with Crippen LogP contribution in [-0.4, -0.2) is 55.0 Å². The molecule has 0 saturated carbocycles. The zero-order valence-corrected chi connectivity index (χ0v) is 17.2. The van der Waals surface area contributed by atoms with Gasteiger partial charge in [0.2, 0.25) is 0 Å². The van der Waals surface area contributed by atoms with E-state index in [1.807, 2.05) is 48.2 Å². The van der Waals surface area contributed by atoms with Crippen LogP contribution >= 0.6 is 0 Å². The van der Waals surface area contributed by atoms with Gasteiger partial charge in [0, 0.05) is 26.2 Å². The second-order valence-corrected chi connectivity index (χ2v) is 7.72. The van der Waals surface area contributed by atoms with E-state index in [4.69, 9.17) is 4.74 Å². The van der Waals surface area contributed by atoms with Gasteiger partial charge in [-0.2, -0.15) is 0 Å². The van der Waals surface area contributed by atoms with E-state index >= 15 is 0 Å². The van der Waals surface area contributed by atoms with Gasteiger partial charge in [0.25, 0.3) is 5.91 Å². The van der Waals surface area contributed by atoms with Crippen LogP contribution in [0.3, 0.4) is 0 Å². The summed E-state index contributed by atoms with van der Waals surface area (Å²) in [6.45, 7) is 6.54. The van der Waals surface area contributed by atoms with Crippen molar-refractivity contribution in [2.75, 3.05) is 39.3 Å². The normalized spacial score (nSPS) is 17.1. The van der Waals surface area contributed by atoms with Gasteiger partial charge in [-0.15, -0.1) is 0 Å². The Hall–Kier alpha value is -2.40. The Bertz CT molecular complexity index is 768. The summed E-state index contributed by atoms with van der Waals surface area (Å²) in [5, 5.41) is 0. The van der Waals surface area contributed by atoms with Crippen molar-refractivity contribution in [1.29, 1.82) is 0 Å². The van der Waals surface area contributed by atoms with Gasteiger partial charge in [-0.25, -0.2) is 4.39 Å². The number of rotatable bonds is 9. The summed E-state index contributed by atoms with van der Waals surface area (Å²) < 4.78 is 19.0.